The second kappa shape index (κ2) is 5.48. The monoisotopic (exact) mass is 227 g/mol. The molecule has 2 N–H and O–H groups in total. The molecule has 2 fully saturated rings. The first-order valence-corrected chi connectivity index (χ1v) is 6.69. The van der Waals surface area contributed by atoms with E-state index in [0.717, 1.165) is 19.3 Å². The number of nitrogens with one attached hydrogen (secondary N) is 1. The van der Waals surface area contributed by atoms with E-state index in [-0.39, 0.29) is 5.54 Å². The Morgan fingerprint density at radius 3 is 2.62 bits per heavy atom. The molecule has 0 saturated heterocycles. The summed E-state index contributed by atoms with van der Waals surface area (Å²) in [6.45, 7) is 0.293. The maximum atomic E-state index is 9.58. The second-order valence-corrected chi connectivity index (χ2v) is 5.51. The molecule has 2 aliphatic carbocycles. The van der Waals surface area contributed by atoms with E-state index in [1.807, 2.05) is 7.11 Å². The van der Waals surface area contributed by atoms with Crippen molar-refractivity contribution in [3.05, 3.63) is 0 Å². The summed E-state index contributed by atoms with van der Waals surface area (Å²) in [6.07, 6.45) is 10.00. The largest absolute Gasteiger partial charge is 0.394 e. The van der Waals surface area contributed by atoms with Crippen LogP contribution in [0.15, 0.2) is 0 Å². The maximum Gasteiger partial charge on any atom is 0.0613 e. The lowest BCUT2D eigenvalue weighted by molar-refractivity contribution is 0.0466. The van der Waals surface area contributed by atoms with Gasteiger partial charge in [0.15, 0.2) is 0 Å². The predicted molar refractivity (Wildman–Crippen MR) is 64.5 cm³/mol. The van der Waals surface area contributed by atoms with Gasteiger partial charge in [-0.1, -0.05) is 12.8 Å². The minimum absolute atomic E-state index is 0.0281. The predicted octanol–water partition coefficient (Wildman–Crippen LogP) is 1.84. The number of methoxy groups -OCH3 is 1. The Kier molecular flexibility index (Phi) is 4.22. The Balaban J connectivity index is 1.87. The minimum Gasteiger partial charge on any atom is -0.394 e. The molecule has 0 aromatic carbocycles. The number of hydrogen-bond donors (Lipinski definition) is 2. The Labute approximate surface area is 98.6 Å². The first kappa shape index (κ1) is 12.3. The summed E-state index contributed by atoms with van der Waals surface area (Å²) < 4.78 is 5.45. The molecule has 2 atom stereocenters. The van der Waals surface area contributed by atoms with Crippen molar-refractivity contribution in [2.24, 2.45) is 0 Å². The Morgan fingerprint density at radius 2 is 2.00 bits per heavy atom. The standard InChI is InChI=1S/C13H25NO2/c1-16-12-6-4-5-11(9-12)14-13(10-15)7-2-3-8-13/h11-12,14-15H,2-10H2,1H3. The van der Waals surface area contributed by atoms with E-state index in [1.165, 1.54) is 32.1 Å². The Morgan fingerprint density at radius 1 is 1.25 bits per heavy atom. The van der Waals surface area contributed by atoms with E-state index in [2.05, 4.69) is 5.32 Å². The van der Waals surface area contributed by atoms with Crippen LogP contribution < -0.4 is 5.32 Å². The zero-order valence-corrected chi connectivity index (χ0v) is 10.4. The van der Waals surface area contributed by atoms with E-state index in [1.54, 1.807) is 0 Å². The van der Waals surface area contributed by atoms with Gasteiger partial charge in [0, 0.05) is 18.7 Å². The molecule has 94 valence electrons. The molecule has 0 bridgehead atoms. The van der Waals surface area contributed by atoms with Crippen LogP contribution in [0.5, 0.6) is 0 Å². The van der Waals surface area contributed by atoms with Gasteiger partial charge in [-0.2, -0.15) is 0 Å². The van der Waals surface area contributed by atoms with Crippen LogP contribution in [0.1, 0.15) is 51.4 Å². The molecule has 0 spiro atoms. The van der Waals surface area contributed by atoms with Gasteiger partial charge in [0.05, 0.1) is 12.7 Å². The van der Waals surface area contributed by atoms with Gasteiger partial charge in [0.2, 0.25) is 0 Å². The van der Waals surface area contributed by atoms with E-state index in [9.17, 15) is 5.11 Å². The number of aliphatic hydroxyl groups is 1. The first-order chi connectivity index (χ1) is 7.78. The molecular weight excluding hydrogens is 202 g/mol. The van der Waals surface area contributed by atoms with Gasteiger partial charge in [-0.05, 0) is 38.5 Å². The molecule has 2 rings (SSSR count). The molecule has 0 amide bonds. The molecule has 16 heavy (non-hydrogen) atoms. The summed E-state index contributed by atoms with van der Waals surface area (Å²) in [7, 11) is 1.81. The average molecular weight is 227 g/mol. The van der Waals surface area contributed by atoms with Crippen LogP contribution >= 0.6 is 0 Å². The van der Waals surface area contributed by atoms with Gasteiger partial charge >= 0.3 is 0 Å². The van der Waals surface area contributed by atoms with Crippen molar-refractivity contribution in [2.75, 3.05) is 13.7 Å². The third kappa shape index (κ3) is 2.76. The van der Waals surface area contributed by atoms with Crippen LogP contribution in [0.3, 0.4) is 0 Å². The van der Waals surface area contributed by atoms with Crippen molar-refractivity contribution in [3.63, 3.8) is 0 Å². The quantitative estimate of drug-likeness (QED) is 0.770. The summed E-state index contributed by atoms with van der Waals surface area (Å²) in [6, 6.07) is 0.545. The smallest absolute Gasteiger partial charge is 0.0613 e. The highest BCUT2D eigenvalue weighted by Crippen LogP contribution is 2.32. The fourth-order valence-corrected chi connectivity index (χ4v) is 3.32. The highest BCUT2D eigenvalue weighted by atomic mass is 16.5. The summed E-state index contributed by atoms with van der Waals surface area (Å²) in [5.74, 6) is 0. The van der Waals surface area contributed by atoms with E-state index in [0.29, 0.717) is 18.8 Å². The fraction of sp³-hybridized carbons (Fsp3) is 1.00. The van der Waals surface area contributed by atoms with Crippen LogP contribution in [0, 0.1) is 0 Å². The van der Waals surface area contributed by atoms with E-state index < -0.39 is 0 Å². The number of rotatable bonds is 4. The van der Waals surface area contributed by atoms with Crippen molar-refractivity contribution in [1.82, 2.24) is 5.32 Å². The molecule has 0 aliphatic heterocycles. The van der Waals surface area contributed by atoms with Gasteiger partial charge in [-0.25, -0.2) is 0 Å². The third-order valence-corrected chi connectivity index (χ3v) is 4.33. The first-order valence-electron chi connectivity index (χ1n) is 6.69. The Hall–Kier alpha value is -0.120. The van der Waals surface area contributed by atoms with Crippen LogP contribution in [0.2, 0.25) is 0 Å². The van der Waals surface area contributed by atoms with Gasteiger partial charge in [-0.3, -0.25) is 0 Å². The zero-order chi connectivity index (χ0) is 11.4. The Bertz CT molecular complexity index is 214. The second-order valence-electron chi connectivity index (χ2n) is 5.51. The summed E-state index contributed by atoms with van der Waals surface area (Å²) in [4.78, 5) is 0. The maximum absolute atomic E-state index is 9.58. The molecule has 2 unspecified atom stereocenters. The molecule has 3 heteroatoms. The van der Waals surface area contributed by atoms with Crippen molar-refractivity contribution >= 4 is 0 Å². The lowest BCUT2D eigenvalue weighted by Crippen LogP contribution is -2.53. The number of ether oxygens (including phenoxy) is 1. The average Bonchev–Trinajstić information content (AvgIpc) is 2.78. The van der Waals surface area contributed by atoms with Crippen molar-refractivity contribution in [1.29, 1.82) is 0 Å². The SMILES string of the molecule is COC1CCCC(NC2(CO)CCCC2)C1. The normalized spacial score (nSPS) is 34.1. The van der Waals surface area contributed by atoms with E-state index >= 15 is 0 Å². The molecular formula is C13H25NO2. The molecule has 0 radical (unpaired) electrons. The van der Waals surface area contributed by atoms with Crippen LogP contribution in [0.4, 0.5) is 0 Å². The van der Waals surface area contributed by atoms with Crippen molar-refractivity contribution in [2.45, 2.75) is 69.1 Å². The molecule has 0 aromatic heterocycles. The highest BCUT2D eigenvalue weighted by Gasteiger charge is 2.36. The number of hydrogen-bond acceptors (Lipinski definition) is 3. The van der Waals surface area contributed by atoms with Crippen LogP contribution in [0.25, 0.3) is 0 Å². The molecule has 2 saturated carbocycles. The van der Waals surface area contributed by atoms with Gasteiger partial charge < -0.3 is 15.2 Å². The third-order valence-electron chi connectivity index (χ3n) is 4.33. The molecule has 0 aromatic rings. The van der Waals surface area contributed by atoms with Crippen molar-refractivity contribution in [3.8, 4) is 0 Å². The zero-order valence-electron chi connectivity index (χ0n) is 10.4. The van der Waals surface area contributed by atoms with Crippen LogP contribution in [-0.2, 0) is 4.74 Å². The molecule has 2 aliphatic rings. The lowest BCUT2D eigenvalue weighted by Gasteiger charge is -2.37. The highest BCUT2D eigenvalue weighted by molar-refractivity contribution is 4.95. The summed E-state index contributed by atoms with van der Waals surface area (Å²) in [5, 5.41) is 13.3. The minimum atomic E-state index is 0.0281. The van der Waals surface area contributed by atoms with Crippen LogP contribution in [-0.4, -0.2) is 36.5 Å². The van der Waals surface area contributed by atoms with Gasteiger partial charge in [0.1, 0.15) is 0 Å². The number of aliphatic hydroxyl groups excluding tert-OH is 1. The molecule has 0 heterocycles. The summed E-state index contributed by atoms with van der Waals surface area (Å²) >= 11 is 0. The fourth-order valence-electron chi connectivity index (χ4n) is 3.32. The van der Waals surface area contributed by atoms with Crippen molar-refractivity contribution < 1.29 is 9.84 Å². The van der Waals surface area contributed by atoms with Gasteiger partial charge in [0.25, 0.3) is 0 Å². The molecule has 3 nitrogen and oxygen atoms in total. The van der Waals surface area contributed by atoms with E-state index in [4.69, 9.17) is 4.74 Å². The summed E-state index contributed by atoms with van der Waals surface area (Å²) in [5.41, 5.74) is 0.0281. The lowest BCUT2D eigenvalue weighted by atomic mass is 9.89. The topological polar surface area (TPSA) is 41.5 Å². The van der Waals surface area contributed by atoms with Gasteiger partial charge in [-0.15, -0.1) is 0 Å².